The van der Waals surface area contributed by atoms with Gasteiger partial charge >= 0.3 is 59.1 Å². The van der Waals surface area contributed by atoms with Gasteiger partial charge in [-0.05, 0) is 12.8 Å². The summed E-state index contributed by atoms with van der Waals surface area (Å²) in [5.41, 5.74) is -2.20. The van der Waals surface area contributed by atoms with Gasteiger partial charge in [0.1, 0.15) is 5.25 Å². The summed E-state index contributed by atoms with van der Waals surface area (Å²) in [6.07, 6.45) is 53.7. The number of hydrogen-bond acceptors (Lipinski definition) is 6. The van der Waals surface area contributed by atoms with Gasteiger partial charge in [-0.2, -0.15) is 8.42 Å². The molecule has 0 spiro atoms. The summed E-state index contributed by atoms with van der Waals surface area (Å²) < 4.78 is 34.3. The van der Waals surface area contributed by atoms with Crippen molar-refractivity contribution >= 4 is 22.1 Å². The van der Waals surface area contributed by atoms with Crippen LogP contribution in [0.3, 0.4) is 0 Å². The maximum atomic E-state index is 12.5. The third kappa shape index (κ3) is 41.1. The van der Waals surface area contributed by atoms with Crippen LogP contribution in [0.15, 0.2) is 0 Å². The zero-order valence-corrected chi connectivity index (χ0v) is 46.7. The predicted molar refractivity (Wildman–Crippen MR) is 252 cm³/mol. The second-order valence-electron chi connectivity index (χ2n) is 19.0. The molecule has 0 bridgehead atoms. The van der Waals surface area contributed by atoms with Crippen molar-refractivity contribution in [1.29, 1.82) is 0 Å². The minimum absolute atomic E-state index is 0. The quantitative estimate of drug-likeness (QED) is 0.0367. The van der Waals surface area contributed by atoms with Gasteiger partial charge in [-0.25, -0.2) is 0 Å². The van der Waals surface area contributed by atoms with E-state index in [2.05, 4.69) is 13.8 Å². The van der Waals surface area contributed by atoms with Crippen LogP contribution in [0, 0.1) is 5.41 Å². The van der Waals surface area contributed by atoms with Crippen molar-refractivity contribution in [2.75, 3.05) is 0 Å². The number of hydrogen-bond donors (Lipinski definition) is 1. The summed E-state index contributed by atoms with van der Waals surface area (Å²) in [7, 11) is -5.20. The van der Waals surface area contributed by atoms with Gasteiger partial charge in [0.25, 0.3) is 10.1 Å². The van der Waals surface area contributed by atoms with Crippen LogP contribution in [0.5, 0.6) is 0 Å². The van der Waals surface area contributed by atoms with Gasteiger partial charge in [0.2, 0.25) is 0 Å². The topological polar surface area (TPSA) is 135 Å². The molecule has 0 saturated heterocycles. The molecule has 62 heavy (non-hydrogen) atoms. The number of carboxylic acids is 2. The van der Waals surface area contributed by atoms with E-state index in [0.29, 0.717) is 25.7 Å². The summed E-state index contributed by atoms with van der Waals surface area (Å²) >= 11 is 0. The van der Waals surface area contributed by atoms with Gasteiger partial charge in [0, 0.05) is 11.4 Å². The van der Waals surface area contributed by atoms with Crippen molar-refractivity contribution in [2.24, 2.45) is 5.41 Å². The average Bonchev–Trinajstić information content (AvgIpc) is 3.20. The average molecular weight is 915 g/mol. The van der Waals surface area contributed by atoms with Crippen LogP contribution in [-0.2, 0) is 19.7 Å². The van der Waals surface area contributed by atoms with Gasteiger partial charge in [-0.3, -0.25) is 4.55 Å². The zero-order valence-electron chi connectivity index (χ0n) is 41.9. The molecule has 0 aromatic carbocycles. The minimum Gasteiger partial charge on any atom is -0.549 e. The predicted octanol–water partition coefficient (Wildman–Crippen LogP) is 8.72. The fraction of sp³-hybridized carbons (Fsp3) is 0.962. The molecule has 0 aromatic rings. The normalized spacial score (nSPS) is 12.2. The fourth-order valence-electron chi connectivity index (χ4n) is 9.43. The Morgan fingerprint density at radius 3 is 0.661 bits per heavy atom. The maximum absolute atomic E-state index is 12.5. The van der Waals surface area contributed by atoms with Crippen molar-refractivity contribution in [1.82, 2.24) is 0 Å². The molecule has 0 aliphatic carbocycles. The van der Waals surface area contributed by atoms with E-state index in [1.54, 1.807) is 0 Å². The first kappa shape index (κ1) is 67.1. The van der Waals surface area contributed by atoms with Crippen molar-refractivity contribution in [3.63, 3.8) is 0 Å². The number of rotatable bonds is 50. The molecule has 10 heteroatoms. The third-order valence-corrected chi connectivity index (χ3v) is 14.6. The molecule has 0 aromatic heterocycles. The fourth-order valence-corrected chi connectivity index (χ4v) is 10.6. The molecule has 1 N–H and O–H groups in total. The van der Waals surface area contributed by atoms with Gasteiger partial charge in [0.05, 0.1) is 5.97 Å². The first-order valence-electron chi connectivity index (χ1n) is 26.5. The zero-order chi connectivity index (χ0) is 44.3. The molecule has 0 saturated carbocycles. The van der Waals surface area contributed by atoms with Crippen molar-refractivity contribution < 1.29 is 91.9 Å². The number of unbranched alkanes of at least 4 members (excludes halogenated alkanes) is 42. The Kier molecular flexibility index (Phi) is 53.9. The van der Waals surface area contributed by atoms with Crippen molar-refractivity contribution in [3.05, 3.63) is 0 Å². The molecule has 0 fully saturated rings. The summed E-state index contributed by atoms with van der Waals surface area (Å²) in [4.78, 5) is 24.5. The Hall–Kier alpha value is 0.850. The molecule has 0 aliphatic heterocycles. The summed E-state index contributed by atoms with van der Waals surface area (Å²) in [5, 5.41) is 22.0. The van der Waals surface area contributed by atoms with E-state index in [0.717, 1.165) is 38.5 Å². The monoisotopic (exact) mass is 915 g/mol. The van der Waals surface area contributed by atoms with Crippen LogP contribution < -0.4 is 69.3 Å². The molecule has 358 valence electrons. The second-order valence-corrected chi connectivity index (χ2v) is 20.5. The van der Waals surface area contributed by atoms with Crippen LogP contribution in [0.1, 0.15) is 309 Å². The molecular formula is C52H100Na2O7S. The van der Waals surface area contributed by atoms with Gasteiger partial charge in [-0.1, -0.05) is 296 Å². The molecule has 0 aliphatic rings. The van der Waals surface area contributed by atoms with Crippen molar-refractivity contribution in [3.8, 4) is 0 Å². The van der Waals surface area contributed by atoms with E-state index in [4.69, 9.17) is 0 Å². The van der Waals surface area contributed by atoms with Gasteiger partial charge < -0.3 is 19.8 Å². The van der Waals surface area contributed by atoms with E-state index in [1.165, 1.54) is 218 Å². The molecule has 0 radical (unpaired) electrons. The SMILES string of the molecule is CCCCCCCCCCCCCCCCCCCCCCCCC(CCCCCCCCCCCCCCCCCCCCCCCC)(C(=O)[O-])C(C(=O)[O-])S(=O)(=O)O.[Na+].[Na+]. The minimum atomic E-state index is -5.20. The largest absolute Gasteiger partial charge is 1.00 e. The van der Waals surface area contributed by atoms with Crippen LogP contribution in [-0.4, -0.2) is 30.2 Å². The van der Waals surface area contributed by atoms with E-state index < -0.39 is 32.7 Å². The van der Waals surface area contributed by atoms with E-state index in [1.807, 2.05) is 0 Å². The van der Waals surface area contributed by atoms with Gasteiger partial charge in [0.15, 0.2) is 0 Å². The molecule has 1 unspecified atom stereocenters. The van der Waals surface area contributed by atoms with Crippen LogP contribution >= 0.6 is 0 Å². The van der Waals surface area contributed by atoms with Gasteiger partial charge in [-0.15, -0.1) is 0 Å². The van der Waals surface area contributed by atoms with Crippen LogP contribution in [0.25, 0.3) is 0 Å². The number of aliphatic carboxylic acids is 2. The Morgan fingerprint density at radius 1 is 0.371 bits per heavy atom. The molecule has 0 amide bonds. The second kappa shape index (κ2) is 49.7. The van der Waals surface area contributed by atoms with E-state index >= 15 is 0 Å². The first-order valence-corrected chi connectivity index (χ1v) is 28.0. The number of carboxylic acid groups (broad SMARTS) is 2. The Bertz CT molecular complexity index is 1010. The Labute approximate surface area is 430 Å². The number of carbonyl (C=O) groups excluding carboxylic acids is 2. The Balaban J connectivity index is -0.0000174. The van der Waals surface area contributed by atoms with E-state index in [9.17, 15) is 32.8 Å². The number of carbonyl (C=O) groups is 2. The summed E-state index contributed by atoms with van der Waals surface area (Å²) in [6, 6.07) is 0. The van der Waals surface area contributed by atoms with Crippen LogP contribution in [0.4, 0.5) is 0 Å². The standard InChI is InChI=1S/C52H102O7S.2Na/c1-3-5-7-9-11-13-15-17-19-21-23-25-27-29-31-33-35-37-39-41-43-45-47-52(51(55)56,49(50(53)54)60(57,58)59)48-46-44-42-40-38-36-34-32-30-28-26-24-22-20-18-16-14-12-10-8-6-4-2;;/h49H,3-48H2,1-2H3,(H,53,54)(H,55,56)(H,57,58,59);;/q;2*+1/p-2. The molecule has 1 atom stereocenters. The maximum Gasteiger partial charge on any atom is 1.00 e. The third-order valence-electron chi connectivity index (χ3n) is 13.4. The summed E-state index contributed by atoms with van der Waals surface area (Å²) in [5.74, 6) is -3.79. The van der Waals surface area contributed by atoms with E-state index in [-0.39, 0.29) is 72.0 Å². The Morgan fingerprint density at radius 2 is 0.532 bits per heavy atom. The smallest absolute Gasteiger partial charge is 0.549 e. The first-order chi connectivity index (χ1) is 29.1. The molecule has 0 rings (SSSR count). The van der Waals surface area contributed by atoms with Crippen molar-refractivity contribution in [2.45, 2.75) is 314 Å². The molecule has 7 nitrogen and oxygen atoms in total. The summed E-state index contributed by atoms with van der Waals surface area (Å²) in [6.45, 7) is 4.54. The van der Waals surface area contributed by atoms with Crippen LogP contribution in [0.2, 0.25) is 0 Å². The molecule has 0 heterocycles. The molecular weight excluding hydrogens is 815 g/mol.